The number of likely N-dealkylation sites (N-methyl/N-ethyl adjacent to an activating group) is 1. The van der Waals surface area contributed by atoms with E-state index in [2.05, 4.69) is 30.7 Å². The highest BCUT2D eigenvalue weighted by Gasteiger charge is 2.35. The fraction of sp³-hybridized carbons (Fsp3) is 0.786. The van der Waals surface area contributed by atoms with Crippen molar-refractivity contribution in [2.24, 2.45) is 5.73 Å². The third-order valence-corrected chi connectivity index (χ3v) is 5.44. The van der Waals surface area contributed by atoms with Gasteiger partial charge in [0.25, 0.3) is 0 Å². The van der Waals surface area contributed by atoms with Crippen molar-refractivity contribution in [3.63, 3.8) is 0 Å². The highest BCUT2D eigenvalue weighted by molar-refractivity contribution is 7.15. The van der Waals surface area contributed by atoms with E-state index in [0.29, 0.717) is 5.92 Å². The maximum absolute atomic E-state index is 6.33. The lowest BCUT2D eigenvalue weighted by Crippen LogP contribution is -2.44. The van der Waals surface area contributed by atoms with Crippen molar-refractivity contribution >= 4 is 16.5 Å². The van der Waals surface area contributed by atoms with E-state index >= 15 is 0 Å². The van der Waals surface area contributed by atoms with Crippen LogP contribution in [0.1, 0.15) is 43.2 Å². The minimum Gasteiger partial charge on any atom is -0.346 e. The monoisotopic (exact) mass is 280 g/mol. The zero-order valence-electron chi connectivity index (χ0n) is 12.1. The molecule has 2 N–H and O–H groups in total. The quantitative estimate of drug-likeness (QED) is 0.919. The summed E-state index contributed by atoms with van der Waals surface area (Å²) in [6, 6.07) is 0. The minimum atomic E-state index is -0.263. The molecular formula is C14H24N4S. The van der Waals surface area contributed by atoms with Gasteiger partial charge in [0, 0.05) is 42.5 Å². The van der Waals surface area contributed by atoms with E-state index in [1.54, 1.807) is 0 Å². The lowest BCUT2D eigenvalue weighted by atomic mass is 10.0. The van der Waals surface area contributed by atoms with Crippen LogP contribution in [0.15, 0.2) is 0 Å². The van der Waals surface area contributed by atoms with Crippen LogP contribution < -0.4 is 10.6 Å². The Morgan fingerprint density at radius 3 is 2.37 bits per heavy atom. The fourth-order valence-corrected chi connectivity index (χ4v) is 3.77. The summed E-state index contributed by atoms with van der Waals surface area (Å²) < 4.78 is 0. The number of nitrogens with zero attached hydrogens (tertiary/aromatic N) is 3. The van der Waals surface area contributed by atoms with E-state index in [-0.39, 0.29) is 5.54 Å². The normalized spacial score (nSPS) is 22.0. The third kappa shape index (κ3) is 2.78. The zero-order valence-corrected chi connectivity index (χ0v) is 13.0. The van der Waals surface area contributed by atoms with E-state index < -0.39 is 0 Å². The molecule has 1 aromatic rings. The average molecular weight is 280 g/mol. The molecule has 0 bridgehead atoms. The molecule has 1 saturated carbocycles. The largest absolute Gasteiger partial charge is 0.346 e. The van der Waals surface area contributed by atoms with Crippen LogP contribution in [0.2, 0.25) is 0 Å². The Morgan fingerprint density at radius 1 is 1.21 bits per heavy atom. The van der Waals surface area contributed by atoms with Gasteiger partial charge in [-0.05, 0) is 33.7 Å². The van der Waals surface area contributed by atoms with Crippen molar-refractivity contribution < 1.29 is 0 Å². The van der Waals surface area contributed by atoms with Crippen molar-refractivity contribution in [2.45, 2.75) is 38.1 Å². The molecule has 19 heavy (non-hydrogen) atoms. The van der Waals surface area contributed by atoms with Crippen LogP contribution in [0.25, 0.3) is 0 Å². The molecule has 106 valence electrons. The van der Waals surface area contributed by atoms with Crippen LogP contribution in [0.4, 0.5) is 5.13 Å². The van der Waals surface area contributed by atoms with Gasteiger partial charge in [-0.3, -0.25) is 0 Å². The van der Waals surface area contributed by atoms with Gasteiger partial charge in [0.2, 0.25) is 0 Å². The maximum Gasteiger partial charge on any atom is 0.185 e. The Labute approximate surface area is 119 Å². The number of aromatic nitrogens is 1. The summed E-state index contributed by atoms with van der Waals surface area (Å²) in [4.78, 5) is 11.0. The van der Waals surface area contributed by atoms with Crippen LogP contribution >= 0.6 is 11.3 Å². The number of rotatable bonds is 3. The predicted octanol–water partition coefficient (Wildman–Crippen LogP) is 1.97. The van der Waals surface area contributed by atoms with Crippen LogP contribution in [-0.4, -0.2) is 43.1 Å². The van der Waals surface area contributed by atoms with Gasteiger partial charge in [-0.15, -0.1) is 0 Å². The van der Waals surface area contributed by atoms with Crippen LogP contribution in [0.5, 0.6) is 0 Å². The van der Waals surface area contributed by atoms with E-state index in [1.807, 2.05) is 11.3 Å². The van der Waals surface area contributed by atoms with Gasteiger partial charge in [-0.1, -0.05) is 11.3 Å². The molecule has 1 saturated heterocycles. The molecular weight excluding hydrogens is 256 g/mol. The molecule has 1 aliphatic heterocycles. The van der Waals surface area contributed by atoms with Crippen LogP contribution in [-0.2, 0) is 5.54 Å². The Bertz CT molecular complexity index is 451. The third-order valence-electron chi connectivity index (χ3n) is 3.97. The summed E-state index contributed by atoms with van der Waals surface area (Å²) in [7, 11) is 2.18. The van der Waals surface area contributed by atoms with Crippen molar-refractivity contribution in [2.75, 3.05) is 38.1 Å². The second-order valence-electron chi connectivity index (χ2n) is 6.50. The number of thiazole rings is 1. The summed E-state index contributed by atoms with van der Waals surface area (Å²) in [5.74, 6) is 0.676. The first-order chi connectivity index (χ1) is 8.95. The second kappa shape index (κ2) is 4.72. The molecule has 4 nitrogen and oxygen atoms in total. The lowest BCUT2D eigenvalue weighted by Gasteiger charge is -2.32. The topological polar surface area (TPSA) is 45.4 Å². The molecule has 0 spiro atoms. The van der Waals surface area contributed by atoms with Gasteiger partial charge in [0.05, 0.1) is 5.69 Å². The van der Waals surface area contributed by atoms with Gasteiger partial charge in [-0.25, -0.2) is 4.98 Å². The number of nitrogens with two attached hydrogens (primary N) is 1. The Hall–Kier alpha value is -0.650. The first kappa shape index (κ1) is 13.3. The molecule has 0 atom stereocenters. The first-order valence-electron chi connectivity index (χ1n) is 7.19. The zero-order chi connectivity index (χ0) is 13.6. The first-order valence-corrected chi connectivity index (χ1v) is 8.00. The van der Waals surface area contributed by atoms with E-state index in [9.17, 15) is 0 Å². The van der Waals surface area contributed by atoms with Gasteiger partial charge in [0.15, 0.2) is 5.13 Å². The lowest BCUT2D eigenvalue weighted by molar-refractivity contribution is 0.312. The summed E-state index contributed by atoms with van der Waals surface area (Å²) in [5.41, 5.74) is 7.35. The molecule has 2 fully saturated rings. The molecule has 0 aromatic carbocycles. The number of hydrogen-bond acceptors (Lipinski definition) is 5. The summed E-state index contributed by atoms with van der Waals surface area (Å²) in [5, 5.41) is 1.18. The highest BCUT2D eigenvalue weighted by atomic mass is 32.1. The summed E-state index contributed by atoms with van der Waals surface area (Å²) in [6.45, 7) is 8.61. The van der Waals surface area contributed by atoms with E-state index in [4.69, 9.17) is 10.7 Å². The standard InChI is InChI=1S/C14H24N4S/c1-14(2,15)12-11(10-4-5-10)16-13(19-12)18-8-6-17(3)7-9-18/h10H,4-9,15H2,1-3H3. The Balaban J connectivity index is 1.86. The number of hydrogen-bond donors (Lipinski definition) is 1. The van der Waals surface area contributed by atoms with Crippen LogP contribution in [0.3, 0.4) is 0 Å². The minimum absolute atomic E-state index is 0.263. The van der Waals surface area contributed by atoms with E-state index in [0.717, 1.165) is 26.2 Å². The molecule has 0 amide bonds. The maximum atomic E-state index is 6.33. The molecule has 2 heterocycles. The van der Waals surface area contributed by atoms with Gasteiger partial charge in [-0.2, -0.15) is 0 Å². The Kier molecular flexibility index (Phi) is 3.31. The van der Waals surface area contributed by atoms with Gasteiger partial charge < -0.3 is 15.5 Å². The van der Waals surface area contributed by atoms with Gasteiger partial charge >= 0.3 is 0 Å². The Morgan fingerprint density at radius 2 is 1.84 bits per heavy atom. The molecule has 5 heteroatoms. The molecule has 2 aliphatic rings. The average Bonchev–Trinajstić information content (AvgIpc) is 3.08. The molecule has 0 radical (unpaired) electrons. The predicted molar refractivity (Wildman–Crippen MR) is 81.0 cm³/mol. The van der Waals surface area contributed by atoms with E-state index in [1.165, 1.54) is 28.5 Å². The molecule has 0 unspecified atom stereocenters. The fourth-order valence-electron chi connectivity index (χ4n) is 2.55. The SMILES string of the molecule is CN1CCN(c2nc(C3CC3)c(C(C)(C)N)s2)CC1. The van der Waals surface area contributed by atoms with Gasteiger partial charge in [0.1, 0.15) is 0 Å². The second-order valence-corrected chi connectivity index (χ2v) is 7.47. The van der Waals surface area contributed by atoms with Crippen molar-refractivity contribution in [1.29, 1.82) is 0 Å². The van der Waals surface area contributed by atoms with Crippen molar-refractivity contribution in [3.8, 4) is 0 Å². The number of anilines is 1. The highest BCUT2D eigenvalue weighted by Crippen LogP contribution is 2.46. The molecule has 1 aromatic heterocycles. The van der Waals surface area contributed by atoms with Crippen LogP contribution in [0, 0.1) is 0 Å². The summed E-state index contributed by atoms with van der Waals surface area (Å²) in [6.07, 6.45) is 2.57. The summed E-state index contributed by atoms with van der Waals surface area (Å²) >= 11 is 1.81. The molecule has 3 rings (SSSR count). The smallest absolute Gasteiger partial charge is 0.185 e. The molecule has 1 aliphatic carbocycles. The number of piperazine rings is 1. The van der Waals surface area contributed by atoms with Crippen molar-refractivity contribution in [1.82, 2.24) is 9.88 Å². The van der Waals surface area contributed by atoms with Crippen molar-refractivity contribution in [3.05, 3.63) is 10.6 Å².